The molecule has 0 bridgehead atoms. The Balaban J connectivity index is 2.26. The maximum absolute atomic E-state index is 11.8. The van der Waals surface area contributed by atoms with E-state index in [9.17, 15) is 9.18 Å². The van der Waals surface area contributed by atoms with Crippen LogP contribution in [0, 0.1) is 3.57 Å². The first-order valence-electron chi connectivity index (χ1n) is 4.93. The predicted octanol–water partition coefficient (Wildman–Crippen LogP) is 2.15. The van der Waals surface area contributed by atoms with Gasteiger partial charge in [0.2, 0.25) is 0 Å². The molecule has 0 heterocycles. The lowest BCUT2D eigenvalue weighted by atomic mass is 10.3. The fourth-order valence-corrected chi connectivity index (χ4v) is 1.57. The van der Waals surface area contributed by atoms with E-state index in [0.29, 0.717) is 18.7 Å². The molecule has 0 spiro atoms. The van der Waals surface area contributed by atoms with Crippen LogP contribution >= 0.6 is 22.6 Å². The van der Waals surface area contributed by atoms with E-state index in [-0.39, 0.29) is 12.5 Å². The summed E-state index contributed by atoms with van der Waals surface area (Å²) in [5.41, 5.74) is 0. The highest BCUT2D eigenvalue weighted by Crippen LogP contribution is 2.14. The number of nitrogens with one attached hydrogen (secondary N) is 1. The Bertz CT molecular complexity index is 347. The van der Waals surface area contributed by atoms with Crippen LogP contribution in [-0.2, 0) is 4.79 Å². The van der Waals surface area contributed by atoms with Gasteiger partial charge in [0.15, 0.2) is 6.61 Å². The maximum Gasteiger partial charge on any atom is 0.257 e. The zero-order valence-electron chi connectivity index (χ0n) is 8.71. The average Bonchev–Trinajstić information content (AvgIpc) is 2.27. The lowest BCUT2D eigenvalue weighted by molar-refractivity contribution is -0.123. The molecule has 1 N–H and O–H groups in total. The summed E-state index contributed by atoms with van der Waals surface area (Å²) < 4.78 is 18.1. The summed E-state index contributed by atoms with van der Waals surface area (Å²) in [6.45, 7) is -0.102. The minimum absolute atomic E-state index is 0.0353. The van der Waals surface area contributed by atoms with Gasteiger partial charge in [-0.25, -0.2) is 0 Å². The van der Waals surface area contributed by atoms with Gasteiger partial charge in [-0.05, 0) is 47.2 Å². The topological polar surface area (TPSA) is 38.3 Å². The largest absolute Gasteiger partial charge is 0.484 e. The fourth-order valence-electron chi connectivity index (χ4n) is 1.05. The summed E-state index contributed by atoms with van der Waals surface area (Å²) in [6.07, 6.45) is 0.342. The van der Waals surface area contributed by atoms with E-state index in [1.807, 2.05) is 18.2 Å². The lowest BCUT2D eigenvalue weighted by Gasteiger charge is -2.06. The molecule has 0 atom stereocenters. The van der Waals surface area contributed by atoms with Crippen LogP contribution in [0.15, 0.2) is 24.3 Å². The van der Waals surface area contributed by atoms with Crippen LogP contribution < -0.4 is 10.1 Å². The number of amides is 1. The van der Waals surface area contributed by atoms with Crippen molar-refractivity contribution in [3.63, 3.8) is 0 Å². The smallest absolute Gasteiger partial charge is 0.257 e. The first-order chi connectivity index (χ1) is 7.72. The third-order valence-electron chi connectivity index (χ3n) is 1.80. The number of halogens is 2. The highest BCUT2D eigenvalue weighted by molar-refractivity contribution is 14.1. The molecule has 88 valence electrons. The van der Waals surface area contributed by atoms with E-state index in [1.165, 1.54) is 0 Å². The predicted molar refractivity (Wildman–Crippen MR) is 68.3 cm³/mol. The van der Waals surface area contributed by atoms with Crippen LogP contribution in [0.4, 0.5) is 4.39 Å². The van der Waals surface area contributed by atoms with Crippen molar-refractivity contribution in [2.45, 2.75) is 6.42 Å². The zero-order valence-corrected chi connectivity index (χ0v) is 10.9. The van der Waals surface area contributed by atoms with E-state index in [0.717, 1.165) is 3.57 Å². The highest BCUT2D eigenvalue weighted by Gasteiger charge is 2.01. The Morgan fingerprint density at radius 3 is 3.00 bits per heavy atom. The minimum atomic E-state index is -0.419. The van der Waals surface area contributed by atoms with Crippen LogP contribution in [-0.4, -0.2) is 25.7 Å². The summed E-state index contributed by atoms with van der Waals surface area (Å²) in [5.74, 6) is 0.430. The van der Waals surface area contributed by atoms with Gasteiger partial charge in [0, 0.05) is 10.1 Å². The molecule has 0 unspecified atom stereocenters. The Labute approximate surface area is 108 Å². The number of ether oxygens (including phenoxy) is 1. The second kappa shape index (κ2) is 7.43. The van der Waals surface area contributed by atoms with Crippen LogP contribution in [0.1, 0.15) is 6.42 Å². The molecule has 0 aliphatic rings. The molecule has 1 amide bonds. The number of carbonyl (C=O) groups is 1. The number of carbonyl (C=O) groups excluding carboxylic acids is 1. The van der Waals surface area contributed by atoms with E-state index in [2.05, 4.69) is 27.9 Å². The minimum Gasteiger partial charge on any atom is -0.484 e. The number of alkyl halides is 1. The number of hydrogen-bond acceptors (Lipinski definition) is 2. The monoisotopic (exact) mass is 337 g/mol. The van der Waals surface area contributed by atoms with E-state index in [1.54, 1.807) is 6.07 Å². The van der Waals surface area contributed by atoms with Crippen LogP contribution in [0.25, 0.3) is 0 Å². The van der Waals surface area contributed by atoms with Crippen molar-refractivity contribution in [3.05, 3.63) is 27.8 Å². The molecule has 16 heavy (non-hydrogen) atoms. The van der Waals surface area contributed by atoms with Gasteiger partial charge in [0.1, 0.15) is 5.75 Å². The van der Waals surface area contributed by atoms with Crippen molar-refractivity contribution in [2.75, 3.05) is 19.8 Å². The average molecular weight is 337 g/mol. The standard InChI is InChI=1S/C11H13FINO2/c12-5-2-6-14-11(15)8-16-10-4-1-3-9(13)7-10/h1,3-4,7H,2,5-6,8H2,(H,14,15). The van der Waals surface area contributed by atoms with Gasteiger partial charge in [0.05, 0.1) is 6.67 Å². The summed E-state index contributed by atoms with van der Waals surface area (Å²) in [5, 5.41) is 2.56. The molecular formula is C11H13FINO2. The number of hydrogen-bond donors (Lipinski definition) is 1. The molecule has 0 aliphatic heterocycles. The number of rotatable bonds is 6. The Morgan fingerprint density at radius 1 is 1.50 bits per heavy atom. The Hall–Kier alpha value is -0.850. The summed E-state index contributed by atoms with van der Waals surface area (Å²) >= 11 is 2.17. The van der Waals surface area contributed by atoms with Crippen LogP contribution in [0.3, 0.4) is 0 Å². The first-order valence-corrected chi connectivity index (χ1v) is 6.01. The van der Waals surface area contributed by atoms with Crippen molar-refractivity contribution in [2.24, 2.45) is 0 Å². The third kappa shape index (κ3) is 5.29. The highest BCUT2D eigenvalue weighted by atomic mass is 127. The molecule has 0 fully saturated rings. The second-order valence-corrected chi connectivity index (χ2v) is 4.38. The normalized spacial score (nSPS) is 9.88. The van der Waals surface area contributed by atoms with Gasteiger partial charge in [-0.2, -0.15) is 0 Å². The van der Waals surface area contributed by atoms with Crippen molar-refractivity contribution in [1.29, 1.82) is 0 Å². The molecule has 0 saturated heterocycles. The maximum atomic E-state index is 11.8. The molecule has 1 aromatic rings. The van der Waals surface area contributed by atoms with Crippen molar-refractivity contribution in [3.8, 4) is 5.75 Å². The molecule has 1 aromatic carbocycles. The molecule has 0 saturated carbocycles. The van der Waals surface area contributed by atoms with Crippen LogP contribution in [0.5, 0.6) is 5.75 Å². The van der Waals surface area contributed by atoms with Gasteiger partial charge in [-0.3, -0.25) is 9.18 Å². The Kier molecular flexibility index (Phi) is 6.14. The Morgan fingerprint density at radius 2 is 2.31 bits per heavy atom. The van der Waals surface area contributed by atoms with Gasteiger partial charge in [-0.1, -0.05) is 6.07 Å². The lowest BCUT2D eigenvalue weighted by Crippen LogP contribution is -2.29. The molecular weight excluding hydrogens is 324 g/mol. The van der Waals surface area contributed by atoms with Crippen molar-refractivity contribution < 1.29 is 13.9 Å². The zero-order chi connectivity index (χ0) is 11.8. The molecule has 3 nitrogen and oxygen atoms in total. The van der Waals surface area contributed by atoms with Crippen LogP contribution in [0.2, 0.25) is 0 Å². The first kappa shape index (κ1) is 13.2. The van der Waals surface area contributed by atoms with E-state index >= 15 is 0 Å². The van der Waals surface area contributed by atoms with E-state index < -0.39 is 6.67 Å². The molecule has 0 radical (unpaired) electrons. The van der Waals surface area contributed by atoms with Gasteiger partial charge >= 0.3 is 0 Å². The molecule has 0 aromatic heterocycles. The summed E-state index contributed by atoms with van der Waals surface area (Å²) in [6, 6.07) is 7.43. The quantitative estimate of drug-likeness (QED) is 0.638. The third-order valence-corrected chi connectivity index (χ3v) is 2.47. The van der Waals surface area contributed by atoms with E-state index in [4.69, 9.17) is 4.74 Å². The van der Waals surface area contributed by atoms with Gasteiger partial charge in [-0.15, -0.1) is 0 Å². The van der Waals surface area contributed by atoms with Crippen molar-refractivity contribution in [1.82, 2.24) is 5.32 Å². The SMILES string of the molecule is O=C(COc1cccc(I)c1)NCCCF. The fraction of sp³-hybridized carbons (Fsp3) is 0.364. The molecule has 5 heteroatoms. The van der Waals surface area contributed by atoms with Gasteiger partial charge < -0.3 is 10.1 Å². The van der Waals surface area contributed by atoms with Gasteiger partial charge in [0.25, 0.3) is 5.91 Å². The molecule has 1 rings (SSSR count). The van der Waals surface area contributed by atoms with Crippen molar-refractivity contribution >= 4 is 28.5 Å². The number of benzene rings is 1. The summed E-state index contributed by atoms with van der Waals surface area (Å²) in [4.78, 5) is 11.2. The molecule has 0 aliphatic carbocycles. The summed E-state index contributed by atoms with van der Waals surface area (Å²) in [7, 11) is 0. The second-order valence-electron chi connectivity index (χ2n) is 3.14.